The first-order chi connectivity index (χ1) is 15.4. The Labute approximate surface area is 189 Å². The maximum atomic E-state index is 13.0. The molecule has 0 heterocycles. The van der Waals surface area contributed by atoms with Crippen LogP contribution < -0.4 is 15.4 Å². The van der Waals surface area contributed by atoms with Crippen LogP contribution in [0.2, 0.25) is 0 Å². The minimum Gasteiger partial charge on any atom is -0.497 e. The highest BCUT2D eigenvalue weighted by atomic mass is 16.5. The quantitative estimate of drug-likeness (QED) is 0.316. The van der Waals surface area contributed by atoms with Crippen molar-refractivity contribution in [3.63, 3.8) is 0 Å². The summed E-state index contributed by atoms with van der Waals surface area (Å²) in [7, 11) is -0.155. The molecule has 0 bridgehead atoms. The van der Waals surface area contributed by atoms with Crippen LogP contribution in [-0.4, -0.2) is 42.0 Å². The molecule has 7 nitrogen and oxygen atoms in total. The number of carbonyl (C=O) groups excluding carboxylic acids is 2. The molecule has 8 heteroatoms. The van der Waals surface area contributed by atoms with Gasteiger partial charge in [0.15, 0.2) is 0 Å². The molecular formula is C24H31BN2O5. The van der Waals surface area contributed by atoms with Crippen molar-refractivity contribution >= 4 is 18.9 Å². The lowest BCUT2D eigenvalue weighted by atomic mass is 9.75. The zero-order chi connectivity index (χ0) is 23.1. The molecule has 0 aromatic heterocycles. The number of hydrogen-bond acceptors (Lipinski definition) is 5. The Balaban J connectivity index is 1.64. The van der Waals surface area contributed by atoms with Crippen molar-refractivity contribution < 1.29 is 24.4 Å². The summed E-state index contributed by atoms with van der Waals surface area (Å²) in [5.41, 5.74) is 2.83. The van der Waals surface area contributed by atoms with Crippen molar-refractivity contribution in [2.24, 2.45) is 11.8 Å². The minimum atomic E-state index is -1.73. The van der Waals surface area contributed by atoms with Crippen LogP contribution in [0.25, 0.3) is 0 Å². The topological polar surface area (TPSA) is 108 Å². The van der Waals surface area contributed by atoms with Crippen molar-refractivity contribution in [3.05, 3.63) is 65.2 Å². The van der Waals surface area contributed by atoms with E-state index >= 15 is 0 Å². The second kappa shape index (κ2) is 11.2. The molecule has 4 N–H and O–H groups in total. The summed E-state index contributed by atoms with van der Waals surface area (Å²) < 4.78 is 5.21. The molecule has 1 aliphatic carbocycles. The third-order valence-corrected chi connectivity index (χ3v) is 5.76. The summed E-state index contributed by atoms with van der Waals surface area (Å²) >= 11 is 0. The standard InChI is InChI=1S/C24H31BN2O5/c1-16-6-8-18(9-7-16)14-22(25(30)31)27-24(29)21(13-17-10-11-17)23(28)26-15-19-4-3-5-20(12-19)32-2/h3-9,12,17,21-22,30-31H,10-11,13-15H2,1-2H3,(H,26,28)(H,27,29)/t21?,22-/m0/s1. The number of nitrogens with one attached hydrogen (secondary N) is 2. The Morgan fingerprint density at radius 3 is 2.44 bits per heavy atom. The van der Waals surface area contributed by atoms with E-state index in [0.29, 0.717) is 18.1 Å². The summed E-state index contributed by atoms with van der Waals surface area (Å²) in [5, 5.41) is 25.2. The van der Waals surface area contributed by atoms with Crippen LogP contribution in [-0.2, 0) is 22.6 Å². The van der Waals surface area contributed by atoms with E-state index in [2.05, 4.69) is 10.6 Å². The van der Waals surface area contributed by atoms with E-state index in [-0.39, 0.29) is 18.9 Å². The first-order valence-electron chi connectivity index (χ1n) is 11.0. The zero-order valence-corrected chi connectivity index (χ0v) is 18.6. The first-order valence-corrected chi connectivity index (χ1v) is 11.0. The number of hydrogen-bond donors (Lipinski definition) is 4. The Kier molecular flexibility index (Phi) is 8.30. The summed E-state index contributed by atoms with van der Waals surface area (Å²) in [6.45, 7) is 2.25. The van der Waals surface area contributed by atoms with Gasteiger partial charge >= 0.3 is 7.12 Å². The van der Waals surface area contributed by atoms with Crippen molar-refractivity contribution in [2.75, 3.05) is 7.11 Å². The van der Waals surface area contributed by atoms with Crippen LogP contribution in [0.4, 0.5) is 0 Å². The van der Waals surface area contributed by atoms with E-state index in [0.717, 1.165) is 29.5 Å². The van der Waals surface area contributed by atoms with Crippen LogP contribution in [0.3, 0.4) is 0 Å². The molecule has 0 spiro atoms. The third-order valence-electron chi connectivity index (χ3n) is 5.76. The maximum Gasteiger partial charge on any atom is 0.475 e. The van der Waals surface area contributed by atoms with Gasteiger partial charge in [-0.15, -0.1) is 0 Å². The van der Waals surface area contributed by atoms with Gasteiger partial charge in [0.1, 0.15) is 11.7 Å². The SMILES string of the molecule is COc1cccc(CNC(=O)C(CC2CC2)C(=O)N[C@@H](Cc2ccc(C)cc2)B(O)O)c1. The molecule has 3 rings (SSSR count). The molecule has 170 valence electrons. The Morgan fingerprint density at radius 1 is 1.09 bits per heavy atom. The Bertz CT molecular complexity index is 915. The number of benzene rings is 2. The van der Waals surface area contributed by atoms with Crippen molar-refractivity contribution in [2.45, 2.75) is 45.1 Å². The Hall–Kier alpha value is -2.84. The molecule has 2 aromatic carbocycles. The van der Waals surface area contributed by atoms with E-state index in [1.54, 1.807) is 7.11 Å². The van der Waals surface area contributed by atoms with Crippen molar-refractivity contribution in [1.82, 2.24) is 10.6 Å². The van der Waals surface area contributed by atoms with E-state index in [1.807, 2.05) is 55.5 Å². The smallest absolute Gasteiger partial charge is 0.475 e. The maximum absolute atomic E-state index is 13.0. The molecular weight excluding hydrogens is 407 g/mol. The van der Waals surface area contributed by atoms with Gasteiger partial charge in [0.25, 0.3) is 0 Å². The molecule has 1 saturated carbocycles. The average molecular weight is 438 g/mol. The fraction of sp³-hybridized carbons (Fsp3) is 0.417. The molecule has 32 heavy (non-hydrogen) atoms. The summed E-state index contributed by atoms with van der Waals surface area (Å²) in [6, 6.07) is 15.0. The zero-order valence-electron chi connectivity index (χ0n) is 18.6. The van der Waals surface area contributed by atoms with Crippen LogP contribution in [0, 0.1) is 18.8 Å². The first kappa shape index (κ1) is 23.8. The van der Waals surface area contributed by atoms with Gasteiger partial charge in [-0.3, -0.25) is 9.59 Å². The summed E-state index contributed by atoms with van der Waals surface area (Å²) in [6.07, 6.45) is 2.71. The lowest BCUT2D eigenvalue weighted by Crippen LogP contribution is -2.52. The highest BCUT2D eigenvalue weighted by molar-refractivity contribution is 6.43. The fourth-order valence-electron chi connectivity index (χ4n) is 3.61. The minimum absolute atomic E-state index is 0.255. The molecule has 2 atom stereocenters. The number of aryl methyl sites for hydroxylation is 1. The summed E-state index contributed by atoms with van der Waals surface area (Å²) in [4.78, 5) is 25.9. The Morgan fingerprint density at radius 2 is 1.81 bits per heavy atom. The molecule has 0 radical (unpaired) electrons. The van der Waals surface area contributed by atoms with Crippen LogP contribution in [0.5, 0.6) is 5.75 Å². The molecule has 1 unspecified atom stereocenters. The number of ether oxygens (including phenoxy) is 1. The van der Waals surface area contributed by atoms with Gasteiger partial charge in [-0.05, 0) is 48.9 Å². The van der Waals surface area contributed by atoms with E-state index in [1.165, 1.54) is 0 Å². The third kappa shape index (κ3) is 7.10. The van der Waals surface area contributed by atoms with Crippen LogP contribution in [0.15, 0.2) is 48.5 Å². The monoisotopic (exact) mass is 438 g/mol. The second-order valence-corrected chi connectivity index (χ2v) is 8.52. The number of carbonyl (C=O) groups is 2. The normalized spacial score (nSPS) is 14.9. The predicted molar refractivity (Wildman–Crippen MR) is 123 cm³/mol. The lowest BCUT2D eigenvalue weighted by Gasteiger charge is -2.22. The predicted octanol–water partition coefficient (Wildman–Crippen LogP) is 1.78. The van der Waals surface area contributed by atoms with Gasteiger partial charge in [0.05, 0.1) is 13.1 Å². The van der Waals surface area contributed by atoms with Gasteiger partial charge in [0.2, 0.25) is 11.8 Å². The molecule has 0 saturated heterocycles. The number of methoxy groups -OCH3 is 1. The van der Waals surface area contributed by atoms with E-state index in [4.69, 9.17) is 4.74 Å². The summed E-state index contributed by atoms with van der Waals surface area (Å²) in [5.74, 6) is -1.59. The van der Waals surface area contributed by atoms with Crippen LogP contribution >= 0.6 is 0 Å². The van der Waals surface area contributed by atoms with Crippen molar-refractivity contribution in [3.8, 4) is 5.75 Å². The molecule has 1 aliphatic rings. The largest absolute Gasteiger partial charge is 0.497 e. The van der Waals surface area contributed by atoms with E-state index in [9.17, 15) is 19.6 Å². The van der Waals surface area contributed by atoms with Gasteiger partial charge < -0.3 is 25.4 Å². The molecule has 2 aromatic rings. The number of rotatable bonds is 11. The second-order valence-electron chi connectivity index (χ2n) is 8.52. The highest BCUT2D eigenvalue weighted by Crippen LogP contribution is 2.35. The molecule has 2 amide bonds. The van der Waals surface area contributed by atoms with E-state index < -0.39 is 24.9 Å². The van der Waals surface area contributed by atoms with Crippen molar-refractivity contribution in [1.29, 1.82) is 0 Å². The lowest BCUT2D eigenvalue weighted by molar-refractivity contribution is -0.136. The fourth-order valence-corrected chi connectivity index (χ4v) is 3.61. The highest BCUT2D eigenvalue weighted by Gasteiger charge is 2.36. The van der Waals surface area contributed by atoms with Gasteiger partial charge in [-0.1, -0.05) is 54.8 Å². The van der Waals surface area contributed by atoms with Crippen LogP contribution in [0.1, 0.15) is 36.0 Å². The van der Waals surface area contributed by atoms with Gasteiger partial charge in [0, 0.05) is 6.54 Å². The van der Waals surface area contributed by atoms with Gasteiger partial charge in [-0.2, -0.15) is 0 Å². The molecule has 0 aliphatic heterocycles. The van der Waals surface area contributed by atoms with Gasteiger partial charge in [-0.25, -0.2) is 0 Å². The molecule has 1 fully saturated rings. The average Bonchev–Trinajstić information content (AvgIpc) is 3.61. The number of amides is 2.